The van der Waals surface area contributed by atoms with E-state index < -0.39 is 0 Å². The Labute approximate surface area is 159 Å². The van der Waals surface area contributed by atoms with Crippen molar-refractivity contribution < 1.29 is 9.72 Å². The molecule has 6 heteroatoms. The summed E-state index contributed by atoms with van der Waals surface area (Å²) in [6, 6.07) is 14.6. The number of carbonyl (C=O) groups is 1. The quantitative estimate of drug-likeness (QED) is 0.628. The summed E-state index contributed by atoms with van der Waals surface area (Å²) in [5.41, 5.74) is 2.98. The van der Waals surface area contributed by atoms with Crippen LogP contribution in [0.5, 0.6) is 0 Å². The van der Waals surface area contributed by atoms with E-state index in [0.717, 1.165) is 55.6 Å². The summed E-state index contributed by atoms with van der Waals surface area (Å²) < 4.78 is 0. The van der Waals surface area contributed by atoms with Gasteiger partial charge in [0.25, 0.3) is 11.6 Å². The molecule has 1 saturated heterocycles. The third-order valence-electron chi connectivity index (χ3n) is 5.18. The summed E-state index contributed by atoms with van der Waals surface area (Å²) in [7, 11) is 0. The SMILES string of the molecule is Cc1ccccc1C(=O)NC1CCN(CCc2ccc([N+](=O)[O-])cc2)CC1. The van der Waals surface area contributed by atoms with Crippen LogP contribution in [0.25, 0.3) is 0 Å². The molecular weight excluding hydrogens is 342 g/mol. The molecule has 0 aliphatic carbocycles. The fourth-order valence-electron chi connectivity index (χ4n) is 3.46. The highest BCUT2D eigenvalue weighted by Crippen LogP contribution is 2.15. The molecule has 0 radical (unpaired) electrons. The van der Waals surface area contributed by atoms with E-state index in [4.69, 9.17) is 0 Å². The molecule has 0 bridgehead atoms. The molecule has 1 fully saturated rings. The Morgan fingerprint density at radius 2 is 1.81 bits per heavy atom. The first-order chi connectivity index (χ1) is 13.0. The number of aryl methyl sites for hydroxylation is 1. The number of amides is 1. The van der Waals surface area contributed by atoms with Gasteiger partial charge < -0.3 is 10.2 Å². The summed E-state index contributed by atoms with van der Waals surface area (Å²) in [4.78, 5) is 25.1. The van der Waals surface area contributed by atoms with Crippen LogP contribution in [-0.4, -0.2) is 41.4 Å². The molecule has 1 aliphatic heterocycles. The Hall–Kier alpha value is -2.73. The number of piperidine rings is 1. The largest absolute Gasteiger partial charge is 0.349 e. The maximum atomic E-state index is 12.4. The molecule has 0 spiro atoms. The predicted octanol–water partition coefficient (Wildman–Crippen LogP) is 3.34. The minimum atomic E-state index is -0.375. The molecule has 1 aliphatic rings. The molecule has 0 unspecified atom stereocenters. The molecule has 1 amide bonds. The third kappa shape index (κ3) is 5.14. The number of benzene rings is 2. The van der Waals surface area contributed by atoms with Gasteiger partial charge in [-0.2, -0.15) is 0 Å². The van der Waals surface area contributed by atoms with Gasteiger partial charge in [0.15, 0.2) is 0 Å². The van der Waals surface area contributed by atoms with Crippen LogP contribution in [0.15, 0.2) is 48.5 Å². The molecular formula is C21H25N3O3. The molecule has 27 heavy (non-hydrogen) atoms. The molecule has 1 heterocycles. The van der Waals surface area contributed by atoms with Crippen molar-refractivity contribution in [2.75, 3.05) is 19.6 Å². The number of carbonyl (C=O) groups excluding carboxylic acids is 1. The van der Waals surface area contributed by atoms with Gasteiger partial charge in [0.1, 0.15) is 0 Å². The molecule has 142 valence electrons. The topological polar surface area (TPSA) is 75.5 Å². The zero-order valence-corrected chi connectivity index (χ0v) is 15.6. The lowest BCUT2D eigenvalue weighted by molar-refractivity contribution is -0.384. The number of non-ortho nitro benzene ring substituents is 1. The van der Waals surface area contributed by atoms with Crippen molar-refractivity contribution in [1.29, 1.82) is 0 Å². The third-order valence-corrected chi connectivity index (χ3v) is 5.18. The van der Waals surface area contributed by atoms with Gasteiger partial charge in [-0.1, -0.05) is 30.3 Å². The number of nitrogens with zero attached hydrogens (tertiary/aromatic N) is 2. The lowest BCUT2D eigenvalue weighted by Crippen LogP contribution is -2.45. The Balaban J connectivity index is 1.43. The molecule has 1 N–H and O–H groups in total. The first kappa shape index (κ1) is 19.0. The van der Waals surface area contributed by atoms with E-state index in [2.05, 4.69) is 10.2 Å². The summed E-state index contributed by atoms with van der Waals surface area (Å²) in [5, 5.41) is 13.9. The van der Waals surface area contributed by atoms with Crippen molar-refractivity contribution >= 4 is 11.6 Å². The Morgan fingerprint density at radius 3 is 2.44 bits per heavy atom. The lowest BCUT2D eigenvalue weighted by atomic mass is 10.0. The summed E-state index contributed by atoms with van der Waals surface area (Å²) >= 11 is 0. The zero-order chi connectivity index (χ0) is 19.2. The van der Waals surface area contributed by atoms with E-state index in [1.54, 1.807) is 12.1 Å². The number of hydrogen-bond acceptors (Lipinski definition) is 4. The van der Waals surface area contributed by atoms with Gasteiger partial charge in [-0.3, -0.25) is 14.9 Å². The van der Waals surface area contributed by atoms with Gasteiger partial charge in [-0.05, 0) is 43.4 Å². The highest BCUT2D eigenvalue weighted by atomic mass is 16.6. The number of nitro groups is 1. The number of likely N-dealkylation sites (tertiary alicyclic amines) is 1. The predicted molar refractivity (Wildman–Crippen MR) is 105 cm³/mol. The van der Waals surface area contributed by atoms with E-state index in [0.29, 0.717) is 0 Å². The highest BCUT2D eigenvalue weighted by molar-refractivity contribution is 5.95. The standard InChI is InChI=1S/C21H25N3O3/c1-16-4-2-3-5-20(16)21(25)22-18-11-14-23(15-12-18)13-10-17-6-8-19(9-7-17)24(26)27/h2-9,18H,10-15H2,1H3,(H,22,25). The van der Waals surface area contributed by atoms with Crippen molar-refractivity contribution in [2.24, 2.45) is 0 Å². The van der Waals surface area contributed by atoms with Crippen molar-refractivity contribution in [2.45, 2.75) is 32.2 Å². The Kier molecular flexibility index (Phi) is 6.19. The Bertz CT molecular complexity index is 797. The first-order valence-electron chi connectivity index (χ1n) is 9.35. The van der Waals surface area contributed by atoms with Crippen LogP contribution >= 0.6 is 0 Å². The minimum absolute atomic E-state index is 0.0115. The van der Waals surface area contributed by atoms with E-state index in [-0.39, 0.29) is 22.6 Å². The summed E-state index contributed by atoms with van der Waals surface area (Å²) in [6.45, 7) is 4.78. The maximum absolute atomic E-state index is 12.4. The van der Waals surface area contributed by atoms with Crippen LogP contribution in [0, 0.1) is 17.0 Å². The van der Waals surface area contributed by atoms with Gasteiger partial charge in [-0.15, -0.1) is 0 Å². The molecule has 3 rings (SSSR count). The van der Waals surface area contributed by atoms with Crippen LogP contribution < -0.4 is 5.32 Å². The second-order valence-electron chi connectivity index (χ2n) is 7.08. The van der Waals surface area contributed by atoms with E-state index in [9.17, 15) is 14.9 Å². The average Bonchev–Trinajstić information content (AvgIpc) is 2.68. The van der Waals surface area contributed by atoms with Gasteiger partial charge in [-0.25, -0.2) is 0 Å². The number of nitrogens with one attached hydrogen (secondary N) is 1. The second-order valence-corrected chi connectivity index (χ2v) is 7.08. The first-order valence-corrected chi connectivity index (χ1v) is 9.35. The average molecular weight is 367 g/mol. The monoisotopic (exact) mass is 367 g/mol. The lowest BCUT2D eigenvalue weighted by Gasteiger charge is -2.32. The van der Waals surface area contributed by atoms with Crippen molar-refractivity contribution in [3.8, 4) is 0 Å². The molecule has 2 aromatic carbocycles. The minimum Gasteiger partial charge on any atom is -0.349 e. The van der Waals surface area contributed by atoms with Crippen LogP contribution in [0.4, 0.5) is 5.69 Å². The Morgan fingerprint density at radius 1 is 1.15 bits per heavy atom. The fourth-order valence-corrected chi connectivity index (χ4v) is 3.46. The summed E-state index contributed by atoms with van der Waals surface area (Å²) in [6.07, 6.45) is 2.76. The van der Waals surface area contributed by atoms with Crippen LogP contribution in [0.1, 0.15) is 34.3 Å². The van der Waals surface area contributed by atoms with Gasteiger partial charge in [0, 0.05) is 43.4 Å². The summed E-state index contributed by atoms with van der Waals surface area (Å²) in [5.74, 6) is 0.0115. The van der Waals surface area contributed by atoms with E-state index in [1.807, 2.05) is 43.3 Å². The van der Waals surface area contributed by atoms with Crippen molar-refractivity contribution in [3.05, 3.63) is 75.3 Å². The molecule has 2 aromatic rings. The number of hydrogen-bond donors (Lipinski definition) is 1. The van der Waals surface area contributed by atoms with E-state index in [1.165, 1.54) is 0 Å². The molecule has 0 saturated carbocycles. The van der Waals surface area contributed by atoms with Crippen LogP contribution in [-0.2, 0) is 6.42 Å². The van der Waals surface area contributed by atoms with Gasteiger partial charge in [0.05, 0.1) is 4.92 Å². The van der Waals surface area contributed by atoms with Crippen molar-refractivity contribution in [3.63, 3.8) is 0 Å². The zero-order valence-electron chi connectivity index (χ0n) is 15.6. The van der Waals surface area contributed by atoms with Gasteiger partial charge >= 0.3 is 0 Å². The second kappa shape index (κ2) is 8.77. The normalized spacial score (nSPS) is 15.4. The van der Waals surface area contributed by atoms with Crippen LogP contribution in [0.3, 0.4) is 0 Å². The van der Waals surface area contributed by atoms with Gasteiger partial charge in [0.2, 0.25) is 0 Å². The number of nitro benzene ring substituents is 1. The smallest absolute Gasteiger partial charge is 0.269 e. The number of rotatable bonds is 6. The maximum Gasteiger partial charge on any atom is 0.269 e. The fraction of sp³-hybridized carbons (Fsp3) is 0.381. The van der Waals surface area contributed by atoms with Crippen LogP contribution in [0.2, 0.25) is 0 Å². The molecule has 0 aromatic heterocycles. The van der Waals surface area contributed by atoms with E-state index >= 15 is 0 Å². The molecule has 0 atom stereocenters. The molecule has 6 nitrogen and oxygen atoms in total. The highest BCUT2D eigenvalue weighted by Gasteiger charge is 2.21. The van der Waals surface area contributed by atoms with Crippen molar-refractivity contribution in [1.82, 2.24) is 10.2 Å².